The van der Waals surface area contributed by atoms with Gasteiger partial charge in [0.15, 0.2) is 11.5 Å². The fraction of sp³-hybridized carbons (Fsp3) is 0.308. The quantitative estimate of drug-likeness (QED) is 0.789. The van der Waals surface area contributed by atoms with Crippen molar-refractivity contribution in [3.8, 4) is 11.5 Å². The standard InChI is InChI=1S/C13H12F2O4/c1-2-17-12(16)13(14,15)6-5-9-3-4-10-11(7-9)19-8-18-10/h3-7H,2,8H2,1H3/b6-5+. The molecular formula is C13H12F2O4. The number of alkyl halides is 2. The minimum atomic E-state index is -3.65. The van der Waals surface area contributed by atoms with Crippen LogP contribution in [-0.2, 0) is 9.53 Å². The average Bonchev–Trinajstić information content (AvgIpc) is 2.84. The maximum atomic E-state index is 13.3. The molecule has 0 aliphatic carbocycles. The number of fused-ring (bicyclic) bond motifs is 1. The first-order valence-electron chi connectivity index (χ1n) is 5.67. The summed E-state index contributed by atoms with van der Waals surface area (Å²) in [6, 6.07) is 4.76. The van der Waals surface area contributed by atoms with Crippen molar-refractivity contribution in [2.75, 3.05) is 13.4 Å². The molecule has 0 unspecified atom stereocenters. The molecule has 1 aliphatic heterocycles. The molecule has 1 heterocycles. The second-order valence-electron chi connectivity index (χ2n) is 3.79. The molecule has 2 rings (SSSR count). The highest BCUT2D eigenvalue weighted by molar-refractivity contribution is 5.81. The van der Waals surface area contributed by atoms with Crippen molar-refractivity contribution in [2.45, 2.75) is 12.8 Å². The van der Waals surface area contributed by atoms with Crippen LogP contribution in [0.4, 0.5) is 8.78 Å². The van der Waals surface area contributed by atoms with Gasteiger partial charge in [-0.15, -0.1) is 0 Å². The lowest BCUT2D eigenvalue weighted by Gasteiger charge is -2.09. The maximum absolute atomic E-state index is 13.3. The van der Waals surface area contributed by atoms with Crippen LogP contribution in [0.3, 0.4) is 0 Å². The smallest absolute Gasteiger partial charge is 0.381 e. The number of hydrogen-bond donors (Lipinski definition) is 0. The van der Waals surface area contributed by atoms with E-state index in [0.29, 0.717) is 23.1 Å². The van der Waals surface area contributed by atoms with Gasteiger partial charge in [0.25, 0.3) is 0 Å². The van der Waals surface area contributed by atoms with Crippen LogP contribution in [0.25, 0.3) is 6.08 Å². The molecule has 102 valence electrons. The Labute approximate surface area is 108 Å². The highest BCUT2D eigenvalue weighted by Gasteiger charge is 2.37. The highest BCUT2D eigenvalue weighted by Crippen LogP contribution is 2.33. The van der Waals surface area contributed by atoms with Gasteiger partial charge in [-0.2, -0.15) is 8.78 Å². The fourth-order valence-electron chi connectivity index (χ4n) is 1.51. The molecule has 6 heteroatoms. The molecule has 4 nitrogen and oxygen atoms in total. The van der Waals surface area contributed by atoms with E-state index in [2.05, 4.69) is 4.74 Å². The number of carbonyl (C=O) groups is 1. The summed E-state index contributed by atoms with van der Waals surface area (Å²) >= 11 is 0. The third-order valence-corrected chi connectivity index (χ3v) is 2.43. The first-order chi connectivity index (χ1) is 9.03. The van der Waals surface area contributed by atoms with Gasteiger partial charge in [0.2, 0.25) is 6.79 Å². The molecule has 1 aliphatic rings. The zero-order valence-corrected chi connectivity index (χ0v) is 10.2. The van der Waals surface area contributed by atoms with Crippen molar-refractivity contribution >= 4 is 12.0 Å². The molecule has 0 amide bonds. The van der Waals surface area contributed by atoms with Crippen LogP contribution < -0.4 is 9.47 Å². The Morgan fingerprint density at radius 3 is 2.89 bits per heavy atom. The van der Waals surface area contributed by atoms with Gasteiger partial charge in [-0.3, -0.25) is 0 Å². The number of ether oxygens (including phenoxy) is 3. The number of benzene rings is 1. The molecule has 1 aromatic rings. The van der Waals surface area contributed by atoms with E-state index in [1.807, 2.05) is 0 Å². The molecule has 0 aromatic heterocycles. The molecule has 0 N–H and O–H groups in total. The molecule has 0 atom stereocenters. The normalized spacial score (nSPS) is 13.8. The Morgan fingerprint density at radius 2 is 2.16 bits per heavy atom. The largest absolute Gasteiger partial charge is 0.461 e. The van der Waals surface area contributed by atoms with Gasteiger partial charge in [0.05, 0.1) is 6.61 Å². The Bertz CT molecular complexity index is 511. The first kappa shape index (κ1) is 13.3. The predicted octanol–water partition coefficient (Wildman–Crippen LogP) is 2.63. The number of carbonyl (C=O) groups excluding carboxylic acids is 1. The van der Waals surface area contributed by atoms with Gasteiger partial charge in [-0.25, -0.2) is 4.79 Å². The molecule has 0 spiro atoms. The lowest BCUT2D eigenvalue weighted by atomic mass is 10.1. The summed E-state index contributed by atoms with van der Waals surface area (Å²) in [7, 11) is 0. The summed E-state index contributed by atoms with van der Waals surface area (Å²) in [4.78, 5) is 11.0. The Kier molecular flexibility index (Phi) is 3.69. The van der Waals surface area contributed by atoms with Gasteiger partial charge in [-0.1, -0.05) is 12.1 Å². The van der Waals surface area contributed by atoms with Crippen molar-refractivity contribution in [2.24, 2.45) is 0 Å². The molecule has 0 saturated carbocycles. The van der Waals surface area contributed by atoms with Crippen LogP contribution in [0, 0.1) is 0 Å². The van der Waals surface area contributed by atoms with Gasteiger partial charge >= 0.3 is 11.9 Å². The SMILES string of the molecule is CCOC(=O)C(F)(F)/C=C/c1ccc2c(c1)OCO2. The molecule has 0 radical (unpaired) electrons. The highest BCUT2D eigenvalue weighted by atomic mass is 19.3. The van der Waals surface area contributed by atoms with Crippen LogP contribution in [0.5, 0.6) is 11.5 Å². The Morgan fingerprint density at radius 1 is 1.42 bits per heavy atom. The molecular weight excluding hydrogens is 258 g/mol. The van der Waals surface area contributed by atoms with Gasteiger partial charge in [0.1, 0.15) is 0 Å². The van der Waals surface area contributed by atoms with Crippen molar-refractivity contribution in [1.82, 2.24) is 0 Å². The van der Waals surface area contributed by atoms with Gasteiger partial charge < -0.3 is 14.2 Å². The number of hydrogen-bond acceptors (Lipinski definition) is 4. The van der Waals surface area contributed by atoms with Crippen molar-refractivity contribution in [3.05, 3.63) is 29.8 Å². The molecule has 0 bridgehead atoms. The van der Waals surface area contributed by atoms with Crippen molar-refractivity contribution < 1.29 is 27.8 Å². The minimum absolute atomic E-state index is 0.0910. The summed E-state index contributed by atoms with van der Waals surface area (Å²) in [6.45, 7) is 1.49. The van der Waals surface area contributed by atoms with Gasteiger partial charge in [-0.05, 0) is 30.7 Å². The second-order valence-corrected chi connectivity index (χ2v) is 3.79. The zero-order valence-electron chi connectivity index (χ0n) is 10.2. The van der Waals surface area contributed by atoms with Crippen LogP contribution in [-0.4, -0.2) is 25.3 Å². The van der Waals surface area contributed by atoms with E-state index >= 15 is 0 Å². The maximum Gasteiger partial charge on any atom is 0.381 e. The van der Waals surface area contributed by atoms with Crippen LogP contribution >= 0.6 is 0 Å². The van der Waals surface area contributed by atoms with E-state index in [1.54, 1.807) is 18.2 Å². The molecule has 0 fully saturated rings. The Balaban J connectivity index is 2.12. The average molecular weight is 270 g/mol. The summed E-state index contributed by atoms with van der Waals surface area (Å²) < 4.78 is 41.2. The topological polar surface area (TPSA) is 44.8 Å². The summed E-state index contributed by atoms with van der Waals surface area (Å²) in [6.07, 6.45) is 1.64. The van der Waals surface area contributed by atoms with Crippen molar-refractivity contribution in [3.63, 3.8) is 0 Å². The van der Waals surface area contributed by atoms with Crippen LogP contribution in [0.15, 0.2) is 24.3 Å². The first-order valence-corrected chi connectivity index (χ1v) is 5.67. The minimum Gasteiger partial charge on any atom is -0.461 e. The van der Waals surface area contributed by atoms with Crippen molar-refractivity contribution in [1.29, 1.82) is 0 Å². The van der Waals surface area contributed by atoms with E-state index in [1.165, 1.54) is 6.92 Å². The van der Waals surface area contributed by atoms with Crippen LogP contribution in [0.2, 0.25) is 0 Å². The predicted molar refractivity (Wildman–Crippen MR) is 63.2 cm³/mol. The third-order valence-electron chi connectivity index (χ3n) is 2.43. The molecule has 19 heavy (non-hydrogen) atoms. The van der Waals surface area contributed by atoms with Crippen LogP contribution in [0.1, 0.15) is 12.5 Å². The lowest BCUT2D eigenvalue weighted by molar-refractivity contribution is -0.164. The van der Waals surface area contributed by atoms with E-state index in [9.17, 15) is 13.6 Å². The summed E-state index contributed by atoms with van der Waals surface area (Å²) in [5.74, 6) is -4.16. The summed E-state index contributed by atoms with van der Waals surface area (Å²) in [5, 5.41) is 0. The fourth-order valence-corrected chi connectivity index (χ4v) is 1.51. The monoisotopic (exact) mass is 270 g/mol. The van der Waals surface area contributed by atoms with E-state index in [0.717, 1.165) is 6.08 Å². The zero-order chi connectivity index (χ0) is 13.9. The number of rotatable bonds is 4. The van der Waals surface area contributed by atoms with E-state index in [4.69, 9.17) is 9.47 Å². The van der Waals surface area contributed by atoms with Gasteiger partial charge in [0, 0.05) is 0 Å². The number of halogens is 2. The van der Waals surface area contributed by atoms with E-state index < -0.39 is 11.9 Å². The van der Waals surface area contributed by atoms with E-state index in [-0.39, 0.29) is 13.4 Å². The molecule has 0 saturated heterocycles. The third kappa shape index (κ3) is 3.01. The number of esters is 1. The Hall–Kier alpha value is -2.11. The second kappa shape index (κ2) is 5.26. The molecule has 1 aromatic carbocycles. The lowest BCUT2D eigenvalue weighted by Crippen LogP contribution is -2.28. The summed E-state index contributed by atoms with van der Waals surface area (Å²) in [5.41, 5.74) is 0.480.